The molecule has 0 saturated heterocycles. The maximum atomic E-state index is 12.2. The molecule has 0 saturated carbocycles. The van der Waals surface area contributed by atoms with Gasteiger partial charge < -0.3 is 9.84 Å². The van der Waals surface area contributed by atoms with Crippen LogP contribution in [0.3, 0.4) is 0 Å². The van der Waals surface area contributed by atoms with Gasteiger partial charge in [-0.15, -0.1) is 0 Å². The smallest absolute Gasteiger partial charge is 0.343 e. The predicted molar refractivity (Wildman–Crippen MR) is 99.3 cm³/mol. The van der Waals surface area contributed by atoms with Crippen LogP contribution in [0.25, 0.3) is 6.08 Å². The number of benzene rings is 3. The van der Waals surface area contributed by atoms with E-state index in [4.69, 9.17) is 4.74 Å². The molecule has 0 amide bonds. The summed E-state index contributed by atoms with van der Waals surface area (Å²) in [6, 6.07) is 22.1. The molecule has 3 rings (SSSR count). The van der Waals surface area contributed by atoms with Crippen molar-refractivity contribution in [1.29, 1.82) is 0 Å². The van der Waals surface area contributed by atoms with Gasteiger partial charge in [0.15, 0.2) is 5.78 Å². The third kappa shape index (κ3) is 4.24. The number of hydrogen-bond acceptors (Lipinski definition) is 4. The third-order valence-electron chi connectivity index (χ3n) is 3.68. The molecule has 0 aliphatic heterocycles. The van der Waals surface area contributed by atoms with Gasteiger partial charge in [0, 0.05) is 6.07 Å². The minimum Gasteiger partial charge on any atom is -0.507 e. The number of phenolic OH excluding ortho intramolecular Hbond substituents is 1. The van der Waals surface area contributed by atoms with E-state index in [-0.39, 0.29) is 22.8 Å². The number of allylic oxidation sites excluding steroid dienone is 1. The van der Waals surface area contributed by atoms with Gasteiger partial charge >= 0.3 is 5.97 Å². The first-order chi connectivity index (χ1) is 12.6. The second-order valence-electron chi connectivity index (χ2n) is 5.54. The fraction of sp³-hybridized carbons (Fsp3) is 0. The highest BCUT2D eigenvalue weighted by Gasteiger charge is 2.12. The molecule has 26 heavy (non-hydrogen) atoms. The number of phenols is 1. The number of ether oxygens (including phenoxy) is 1. The molecule has 0 aliphatic carbocycles. The highest BCUT2D eigenvalue weighted by Crippen LogP contribution is 2.25. The molecule has 1 N–H and O–H groups in total. The Balaban J connectivity index is 1.72. The Bertz CT molecular complexity index is 944. The number of rotatable bonds is 5. The lowest BCUT2D eigenvalue weighted by atomic mass is 10.1. The third-order valence-corrected chi connectivity index (χ3v) is 3.68. The molecule has 3 aromatic rings. The highest BCUT2D eigenvalue weighted by molar-refractivity contribution is 6.08. The molecule has 0 radical (unpaired) electrons. The van der Waals surface area contributed by atoms with Gasteiger partial charge in [0.25, 0.3) is 0 Å². The molecule has 0 atom stereocenters. The fourth-order valence-electron chi connectivity index (χ4n) is 2.35. The summed E-state index contributed by atoms with van der Waals surface area (Å²) in [6.07, 6.45) is 3.06. The van der Waals surface area contributed by atoms with Crippen LogP contribution < -0.4 is 4.74 Å². The highest BCUT2D eigenvalue weighted by atomic mass is 16.5. The van der Waals surface area contributed by atoms with Gasteiger partial charge in [-0.25, -0.2) is 4.79 Å². The Kier molecular flexibility index (Phi) is 5.25. The van der Waals surface area contributed by atoms with Gasteiger partial charge in [0.1, 0.15) is 11.5 Å². The summed E-state index contributed by atoms with van der Waals surface area (Å²) in [4.78, 5) is 24.3. The maximum Gasteiger partial charge on any atom is 0.343 e. The predicted octanol–water partition coefficient (Wildman–Crippen LogP) is 4.51. The monoisotopic (exact) mass is 344 g/mol. The minimum absolute atomic E-state index is 0.136. The lowest BCUT2D eigenvalue weighted by Gasteiger charge is -2.06. The van der Waals surface area contributed by atoms with E-state index in [0.29, 0.717) is 5.56 Å². The second kappa shape index (κ2) is 7.94. The number of carbonyl (C=O) groups excluding carboxylic acids is 2. The van der Waals surface area contributed by atoms with Crippen molar-refractivity contribution in [1.82, 2.24) is 0 Å². The van der Waals surface area contributed by atoms with Gasteiger partial charge in [-0.05, 0) is 35.9 Å². The zero-order chi connectivity index (χ0) is 18.4. The van der Waals surface area contributed by atoms with E-state index >= 15 is 0 Å². The van der Waals surface area contributed by atoms with Crippen molar-refractivity contribution in [2.75, 3.05) is 0 Å². The summed E-state index contributed by atoms with van der Waals surface area (Å²) in [6.45, 7) is 0. The Labute approximate surface area is 151 Å². The molecule has 0 aliphatic rings. The first-order valence-electron chi connectivity index (χ1n) is 8.01. The number of carbonyl (C=O) groups is 2. The van der Waals surface area contributed by atoms with Crippen LogP contribution >= 0.6 is 0 Å². The van der Waals surface area contributed by atoms with Gasteiger partial charge in [0.2, 0.25) is 0 Å². The van der Waals surface area contributed by atoms with Crippen LogP contribution in [0.1, 0.15) is 26.3 Å². The van der Waals surface area contributed by atoms with Gasteiger partial charge in [-0.3, -0.25) is 4.79 Å². The van der Waals surface area contributed by atoms with E-state index in [1.54, 1.807) is 36.4 Å². The standard InChI is InChI=1S/C22H16O4/c23-20(14-11-16-7-3-1-4-8-16)19-13-12-18(15-21(19)24)26-22(25)17-9-5-2-6-10-17/h1-15,24H. The van der Waals surface area contributed by atoms with Crippen LogP contribution in [0.4, 0.5) is 0 Å². The van der Waals surface area contributed by atoms with Crippen LogP contribution in [-0.4, -0.2) is 16.9 Å². The summed E-state index contributed by atoms with van der Waals surface area (Å²) < 4.78 is 5.22. The molecule has 4 nitrogen and oxygen atoms in total. The van der Waals surface area contributed by atoms with E-state index in [9.17, 15) is 14.7 Å². The van der Waals surface area contributed by atoms with Crippen molar-refractivity contribution < 1.29 is 19.4 Å². The van der Waals surface area contributed by atoms with Crippen molar-refractivity contribution in [2.45, 2.75) is 0 Å². The van der Waals surface area contributed by atoms with Crippen LogP contribution in [-0.2, 0) is 0 Å². The van der Waals surface area contributed by atoms with Crippen molar-refractivity contribution in [3.05, 3.63) is 102 Å². The summed E-state index contributed by atoms with van der Waals surface area (Å²) in [7, 11) is 0. The quantitative estimate of drug-likeness (QED) is 0.320. The topological polar surface area (TPSA) is 63.6 Å². The number of ketones is 1. The van der Waals surface area contributed by atoms with Crippen molar-refractivity contribution >= 4 is 17.8 Å². The molecule has 4 heteroatoms. The summed E-state index contributed by atoms with van der Waals surface area (Å²) in [5, 5.41) is 10.1. The summed E-state index contributed by atoms with van der Waals surface area (Å²) in [5.41, 5.74) is 1.42. The second-order valence-corrected chi connectivity index (χ2v) is 5.54. The Morgan fingerprint density at radius 2 is 1.50 bits per heavy atom. The average molecular weight is 344 g/mol. The lowest BCUT2D eigenvalue weighted by molar-refractivity contribution is 0.0734. The van der Waals surface area contributed by atoms with Crippen molar-refractivity contribution in [3.63, 3.8) is 0 Å². The number of hydrogen-bond donors (Lipinski definition) is 1. The van der Waals surface area contributed by atoms with E-state index in [2.05, 4.69) is 0 Å². The molecular formula is C22H16O4. The Morgan fingerprint density at radius 3 is 2.15 bits per heavy atom. The molecule has 0 spiro atoms. The maximum absolute atomic E-state index is 12.2. The molecule has 128 valence electrons. The normalized spacial score (nSPS) is 10.6. The molecule has 0 bridgehead atoms. The van der Waals surface area contributed by atoms with E-state index in [0.717, 1.165) is 5.56 Å². The zero-order valence-electron chi connectivity index (χ0n) is 13.8. The van der Waals surface area contributed by atoms with Crippen LogP contribution in [0.5, 0.6) is 11.5 Å². The van der Waals surface area contributed by atoms with Crippen molar-refractivity contribution in [2.24, 2.45) is 0 Å². The van der Waals surface area contributed by atoms with Gasteiger partial charge in [-0.2, -0.15) is 0 Å². The van der Waals surface area contributed by atoms with Gasteiger partial charge in [-0.1, -0.05) is 54.6 Å². The Hall–Kier alpha value is -3.66. The van der Waals surface area contributed by atoms with Crippen molar-refractivity contribution in [3.8, 4) is 11.5 Å². The summed E-state index contributed by atoms with van der Waals surface area (Å²) >= 11 is 0. The van der Waals surface area contributed by atoms with Gasteiger partial charge in [0.05, 0.1) is 11.1 Å². The van der Waals surface area contributed by atoms with E-state index in [1.807, 2.05) is 30.3 Å². The molecule has 0 aromatic heterocycles. The molecule has 0 heterocycles. The van der Waals surface area contributed by atoms with Crippen LogP contribution in [0.2, 0.25) is 0 Å². The molecule has 0 fully saturated rings. The lowest BCUT2D eigenvalue weighted by Crippen LogP contribution is -2.08. The molecule has 3 aromatic carbocycles. The molecular weight excluding hydrogens is 328 g/mol. The van der Waals surface area contributed by atoms with Crippen LogP contribution in [0.15, 0.2) is 84.9 Å². The molecule has 0 unspecified atom stereocenters. The Morgan fingerprint density at radius 1 is 0.846 bits per heavy atom. The number of esters is 1. The fourth-order valence-corrected chi connectivity index (χ4v) is 2.35. The van der Waals surface area contributed by atoms with E-state index < -0.39 is 5.97 Å². The van der Waals surface area contributed by atoms with E-state index in [1.165, 1.54) is 24.3 Å². The summed E-state index contributed by atoms with van der Waals surface area (Å²) in [5.74, 6) is -0.952. The zero-order valence-corrected chi connectivity index (χ0v) is 13.8. The average Bonchev–Trinajstić information content (AvgIpc) is 2.68. The first-order valence-corrected chi connectivity index (χ1v) is 8.01. The first kappa shape index (κ1) is 17.2. The minimum atomic E-state index is -0.534. The number of aromatic hydroxyl groups is 1. The SMILES string of the molecule is O=C(Oc1ccc(C(=O)C=Cc2ccccc2)c(O)c1)c1ccccc1. The largest absolute Gasteiger partial charge is 0.507 e. The van der Waals surface area contributed by atoms with Crippen LogP contribution in [0, 0.1) is 0 Å².